The van der Waals surface area contributed by atoms with Gasteiger partial charge in [-0.1, -0.05) is 31.2 Å². The van der Waals surface area contributed by atoms with Gasteiger partial charge in [-0.2, -0.15) is 0 Å². The van der Waals surface area contributed by atoms with Crippen molar-refractivity contribution in [2.45, 2.75) is 32.5 Å². The minimum absolute atomic E-state index is 0.158. The normalized spacial score (nSPS) is 11.1. The van der Waals surface area contributed by atoms with Gasteiger partial charge in [0.2, 0.25) is 11.8 Å². The van der Waals surface area contributed by atoms with Crippen molar-refractivity contribution in [3.8, 4) is 5.75 Å². The van der Waals surface area contributed by atoms with E-state index in [4.69, 9.17) is 0 Å². The smallest absolute Gasteiger partial charge is 0.406 e. The summed E-state index contributed by atoms with van der Waals surface area (Å²) in [5, 5.41) is 2.53. The summed E-state index contributed by atoms with van der Waals surface area (Å²) in [5.74, 6) is -0.999. The number of nitrogens with one attached hydrogen (secondary N) is 1. The van der Waals surface area contributed by atoms with Crippen LogP contribution in [0, 0.1) is 0 Å². The fourth-order valence-corrected chi connectivity index (χ4v) is 2.63. The number of ether oxygens (including phenoxy) is 1. The first-order chi connectivity index (χ1) is 13.7. The van der Waals surface area contributed by atoms with Crippen LogP contribution in [0.5, 0.6) is 5.75 Å². The largest absolute Gasteiger partial charge is 0.573 e. The number of alkyl halides is 3. The highest BCUT2D eigenvalue weighted by Crippen LogP contribution is 2.23. The van der Waals surface area contributed by atoms with E-state index in [2.05, 4.69) is 17.0 Å². The number of aryl methyl sites for hydroxylation is 2. The van der Waals surface area contributed by atoms with Gasteiger partial charge < -0.3 is 15.0 Å². The molecular formula is C21H23F3N2O3. The average molecular weight is 408 g/mol. The fourth-order valence-electron chi connectivity index (χ4n) is 2.63. The number of likely N-dealkylation sites (N-methyl/N-ethyl adjacent to an activating group) is 1. The Morgan fingerprint density at radius 2 is 1.59 bits per heavy atom. The number of carbonyl (C=O) groups is 2. The third kappa shape index (κ3) is 7.85. The van der Waals surface area contributed by atoms with E-state index in [9.17, 15) is 22.8 Å². The van der Waals surface area contributed by atoms with E-state index in [0.717, 1.165) is 24.1 Å². The molecule has 2 aromatic rings. The summed E-state index contributed by atoms with van der Waals surface area (Å²) in [6.07, 6.45) is -2.96. The van der Waals surface area contributed by atoms with Crippen molar-refractivity contribution >= 4 is 17.5 Å². The molecule has 0 aliphatic heterocycles. The predicted molar refractivity (Wildman–Crippen MR) is 104 cm³/mol. The molecule has 0 aliphatic carbocycles. The average Bonchev–Trinajstić information content (AvgIpc) is 2.66. The lowest BCUT2D eigenvalue weighted by Crippen LogP contribution is -2.35. The van der Waals surface area contributed by atoms with E-state index in [1.807, 2.05) is 24.3 Å². The van der Waals surface area contributed by atoms with Crippen LogP contribution in [-0.4, -0.2) is 36.7 Å². The molecule has 0 saturated heterocycles. The Bertz CT molecular complexity index is 819. The molecule has 8 heteroatoms. The van der Waals surface area contributed by atoms with E-state index in [1.54, 1.807) is 0 Å². The number of anilines is 1. The number of carbonyl (C=O) groups excluding carboxylic acids is 2. The van der Waals surface area contributed by atoms with Gasteiger partial charge in [-0.3, -0.25) is 9.59 Å². The molecule has 0 radical (unpaired) electrons. The molecular weight excluding hydrogens is 385 g/mol. The zero-order valence-electron chi connectivity index (χ0n) is 16.3. The lowest BCUT2D eigenvalue weighted by Gasteiger charge is -2.17. The lowest BCUT2D eigenvalue weighted by atomic mass is 10.1. The zero-order valence-corrected chi connectivity index (χ0v) is 16.3. The third-order valence-electron chi connectivity index (χ3n) is 4.24. The Labute approximate surface area is 167 Å². The summed E-state index contributed by atoms with van der Waals surface area (Å²) >= 11 is 0. The fraction of sp³-hybridized carbons (Fsp3) is 0.333. The van der Waals surface area contributed by atoms with E-state index in [-0.39, 0.29) is 24.6 Å². The van der Waals surface area contributed by atoms with Crippen molar-refractivity contribution in [1.82, 2.24) is 4.90 Å². The van der Waals surface area contributed by atoms with Gasteiger partial charge in [-0.25, -0.2) is 0 Å². The van der Waals surface area contributed by atoms with Crippen LogP contribution in [0.25, 0.3) is 0 Å². The number of nitrogens with zero attached hydrogens (tertiary/aromatic N) is 1. The SMILES string of the molecule is CCc1ccc(CCC(=O)N(C)CC(=O)Nc2ccc(OC(F)(F)F)cc2)cc1. The van der Waals surface area contributed by atoms with Crippen molar-refractivity contribution in [3.05, 3.63) is 59.7 Å². The Balaban J connectivity index is 1.79. The molecule has 156 valence electrons. The highest BCUT2D eigenvalue weighted by molar-refractivity contribution is 5.94. The second kappa shape index (κ2) is 9.95. The van der Waals surface area contributed by atoms with Crippen molar-refractivity contribution < 1.29 is 27.5 Å². The Kier molecular flexibility index (Phi) is 7.64. The number of halogens is 3. The molecule has 0 unspecified atom stereocenters. The molecule has 0 aliphatic rings. The molecule has 0 bridgehead atoms. The second-order valence-corrected chi connectivity index (χ2v) is 6.54. The van der Waals surface area contributed by atoms with Gasteiger partial charge in [-0.15, -0.1) is 13.2 Å². The molecule has 0 heterocycles. The summed E-state index contributed by atoms with van der Waals surface area (Å²) in [4.78, 5) is 25.6. The number of amides is 2. The summed E-state index contributed by atoms with van der Waals surface area (Å²) in [6, 6.07) is 12.8. The van der Waals surface area contributed by atoms with Crippen LogP contribution < -0.4 is 10.1 Å². The van der Waals surface area contributed by atoms with Crippen molar-refractivity contribution in [2.75, 3.05) is 18.9 Å². The highest BCUT2D eigenvalue weighted by atomic mass is 19.4. The van der Waals surface area contributed by atoms with Crippen LogP contribution in [0.1, 0.15) is 24.5 Å². The minimum atomic E-state index is -4.77. The topological polar surface area (TPSA) is 58.6 Å². The minimum Gasteiger partial charge on any atom is -0.406 e. The second-order valence-electron chi connectivity index (χ2n) is 6.54. The first-order valence-electron chi connectivity index (χ1n) is 9.13. The molecule has 2 rings (SSSR count). The van der Waals surface area contributed by atoms with E-state index >= 15 is 0 Å². The van der Waals surface area contributed by atoms with Crippen LogP contribution >= 0.6 is 0 Å². The van der Waals surface area contributed by atoms with Gasteiger partial charge in [0.05, 0.1) is 6.54 Å². The number of hydrogen-bond acceptors (Lipinski definition) is 3. The van der Waals surface area contributed by atoms with Crippen LogP contribution in [-0.2, 0) is 22.4 Å². The van der Waals surface area contributed by atoms with Gasteiger partial charge in [0.25, 0.3) is 0 Å². The van der Waals surface area contributed by atoms with E-state index in [0.29, 0.717) is 12.1 Å². The molecule has 0 atom stereocenters. The molecule has 0 spiro atoms. The molecule has 1 N–H and O–H groups in total. The molecule has 2 amide bonds. The maximum absolute atomic E-state index is 12.2. The molecule has 5 nitrogen and oxygen atoms in total. The Hall–Kier alpha value is -3.03. The van der Waals surface area contributed by atoms with Crippen LogP contribution in [0.4, 0.5) is 18.9 Å². The van der Waals surface area contributed by atoms with Crippen LogP contribution in [0.2, 0.25) is 0 Å². The van der Waals surface area contributed by atoms with Crippen molar-refractivity contribution in [2.24, 2.45) is 0 Å². The molecule has 29 heavy (non-hydrogen) atoms. The van der Waals surface area contributed by atoms with Gasteiger partial charge in [0.1, 0.15) is 5.75 Å². The highest BCUT2D eigenvalue weighted by Gasteiger charge is 2.30. The quantitative estimate of drug-likeness (QED) is 0.713. The summed E-state index contributed by atoms with van der Waals surface area (Å²) < 4.78 is 40.2. The Morgan fingerprint density at radius 1 is 1.00 bits per heavy atom. The zero-order chi connectivity index (χ0) is 21.4. The lowest BCUT2D eigenvalue weighted by molar-refractivity contribution is -0.274. The van der Waals surface area contributed by atoms with Gasteiger partial charge in [0.15, 0.2) is 0 Å². The van der Waals surface area contributed by atoms with Gasteiger partial charge in [-0.05, 0) is 48.2 Å². The van der Waals surface area contributed by atoms with Crippen LogP contribution in [0.3, 0.4) is 0 Å². The van der Waals surface area contributed by atoms with Crippen molar-refractivity contribution in [3.63, 3.8) is 0 Å². The molecule has 0 fully saturated rings. The Morgan fingerprint density at radius 3 is 2.14 bits per heavy atom. The maximum atomic E-state index is 12.2. The van der Waals surface area contributed by atoms with E-state index in [1.165, 1.54) is 29.6 Å². The number of rotatable bonds is 8. The first-order valence-corrected chi connectivity index (χ1v) is 9.13. The van der Waals surface area contributed by atoms with Gasteiger partial charge >= 0.3 is 6.36 Å². The first kappa shape index (κ1) is 22.3. The van der Waals surface area contributed by atoms with E-state index < -0.39 is 12.3 Å². The van der Waals surface area contributed by atoms with Gasteiger partial charge in [0, 0.05) is 19.2 Å². The standard InChI is InChI=1S/C21H23F3N2O3/c1-3-15-4-6-16(7-5-15)8-13-20(28)26(2)14-19(27)25-17-9-11-18(12-10-17)29-21(22,23)24/h4-7,9-12H,3,8,13-14H2,1-2H3,(H,25,27). The number of benzene rings is 2. The molecule has 0 saturated carbocycles. The molecule has 0 aromatic heterocycles. The van der Waals surface area contributed by atoms with Crippen LogP contribution in [0.15, 0.2) is 48.5 Å². The van der Waals surface area contributed by atoms with Crippen molar-refractivity contribution in [1.29, 1.82) is 0 Å². The number of hydrogen-bond donors (Lipinski definition) is 1. The third-order valence-corrected chi connectivity index (χ3v) is 4.24. The summed E-state index contributed by atoms with van der Waals surface area (Å²) in [6.45, 7) is 1.91. The summed E-state index contributed by atoms with van der Waals surface area (Å²) in [5.41, 5.74) is 2.59. The summed E-state index contributed by atoms with van der Waals surface area (Å²) in [7, 11) is 1.53. The predicted octanol–water partition coefficient (Wildman–Crippen LogP) is 4.18. The molecule has 2 aromatic carbocycles. The monoisotopic (exact) mass is 408 g/mol. The maximum Gasteiger partial charge on any atom is 0.573 e.